The number of carbonyl (C=O) groups is 2. The number of hydrogen-bond donors (Lipinski definition) is 1. The predicted octanol–water partition coefficient (Wildman–Crippen LogP) is -0.0552. The van der Waals surface area contributed by atoms with Crippen LogP contribution in [0.15, 0.2) is 18.2 Å². The van der Waals surface area contributed by atoms with Crippen molar-refractivity contribution < 1.29 is 28.7 Å². The SMILES string of the molecule is COc1ccc(N2NOC(=O)C(=O)O2)cc1OC. The third kappa shape index (κ3) is 2.13. The van der Waals surface area contributed by atoms with E-state index in [1.807, 2.05) is 0 Å². The molecule has 1 N–H and O–H groups in total. The summed E-state index contributed by atoms with van der Waals surface area (Å²) in [5, 5.41) is 0.895. The molecule has 0 unspecified atom stereocenters. The van der Waals surface area contributed by atoms with Crippen LogP contribution in [0.25, 0.3) is 0 Å². The maximum absolute atomic E-state index is 11.0. The molecule has 1 aromatic carbocycles. The van der Waals surface area contributed by atoms with Crippen LogP contribution in [0, 0.1) is 0 Å². The predicted molar refractivity (Wildman–Crippen MR) is 57.3 cm³/mol. The summed E-state index contributed by atoms with van der Waals surface area (Å²) in [7, 11) is 2.97. The van der Waals surface area contributed by atoms with Crippen LogP contribution < -0.4 is 20.2 Å². The summed E-state index contributed by atoms with van der Waals surface area (Å²) in [5.74, 6) is -1.29. The van der Waals surface area contributed by atoms with Crippen LogP contribution in [0.2, 0.25) is 0 Å². The summed E-state index contributed by atoms with van der Waals surface area (Å²) in [6, 6.07) is 4.74. The maximum atomic E-state index is 11.0. The van der Waals surface area contributed by atoms with E-state index in [0.29, 0.717) is 17.2 Å². The Kier molecular flexibility index (Phi) is 3.20. The molecule has 0 bridgehead atoms. The molecule has 1 fully saturated rings. The highest BCUT2D eigenvalue weighted by atomic mass is 16.9. The Morgan fingerprint density at radius 2 is 1.83 bits per heavy atom. The maximum Gasteiger partial charge on any atom is 0.444 e. The molecular weight excluding hydrogens is 244 g/mol. The quantitative estimate of drug-likeness (QED) is 0.751. The molecule has 8 heteroatoms. The smallest absolute Gasteiger partial charge is 0.444 e. The average molecular weight is 254 g/mol. The fourth-order valence-corrected chi connectivity index (χ4v) is 1.32. The molecule has 1 saturated heterocycles. The van der Waals surface area contributed by atoms with Crippen LogP contribution in [0.5, 0.6) is 11.5 Å². The number of hydrogen-bond acceptors (Lipinski definition) is 8. The highest BCUT2D eigenvalue weighted by Crippen LogP contribution is 2.31. The number of nitrogens with one attached hydrogen (secondary N) is 1. The van der Waals surface area contributed by atoms with E-state index < -0.39 is 11.9 Å². The molecule has 18 heavy (non-hydrogen) atoms. The lowest BCUT2D eigenvalue weighted by Gasteiger charge is -2.25. The molecule has 0 aromatic heterocycles. The minimum absolute atomic E-state index is 0.397. The van der Waals surface area contributed by atoms with Gasteiger partial charge < -0.3 is 19.1 Å². The third-order valence-electron chi connectivity index (χ3n) is 2.16. The number of anilines is 1. The average Bonchev–Trinajstić information content (AvgIpc) is 2.41. The van der Waals surface area contributed by atoms with E-state index in [1.165, 1.54) is 20.3 Å². The van der Waals surface area contributed by atoms with Crippen molar-refractivity contribution >= 4 is 17.6 Å². The number of benzene rings is 1. The highest BCUT2D eigenvalue weighted by molar-refractivity contribution is 6.30. The molecule has 8 nitrogen and oxygen atoms in total. The van der Waals surface area contributed by atoms with Gasteiger partial charge in [0.25, 0.3) is 0 Å². The van der Waals surface area contributed by atoms with Gasteiger partial charge in [-0.15, -0.1) is 5.17 Å². The molecule has 0 amide bonds. The van der Waals surface area contributed by atoms with Crippen molar-refractivity contribution in [3.8, 4) is 11.5 Å². The summed E-state index contributed by atoms with van der Waals surface area (Å²) in [5.41, 5.74) is 2.55. The van der Waals surface area contributed by atoms with Gasteiger partial charge in [0.1, 0.15) is 5.69 Å². The first-order valence-corrected chi connectivity index (χ1v) is 4.86. The monoisotopic (exact) mass is 254 g/mol. The first-order valence-electron chi connectivity index (χ1n) is 4.86. The standard InChI is InChI=1S/C10H10N2O6/c1-15-7-4-3-6(5-8(7)16-2)12-11-17-9(13)10(14)18-12/h3-5,11H,1-2H3. The molecular formula is C10H10N2O6. The van der Waals surface area contributed by atoms with Crippen molar-refractivity contribution in [2.24, 2.45) is 0 Å². The van der Waals surface area contributed by atoms with Crippen molar-refractivity contribution in [2.75, 3.05) is 19.4 Å². The van der Waals surface area contributed by atoms with Crippen LogP contribution in [0.4, 0.5) is 5.69 Å². The lowest BCUT2D eigenvalue weighted by molar-refractivity contribution is -0.192. The molecule has 96 valence electrons. The minimum Gasteiger partial charge on any atom is -0.493 e. The van der Waals surface area contributed by atoms with Gasteiger partial charge in [0.15, 0.2) is 11.5 Å². The Morgan fingerprint density at radius 3 is 2.44 bits per heavy atom. The molecule has 1 aliphatic heterocycles. The zero-order chi connectivity index (χ0) is 13.1. The lowest BCUT2D eigenvalue weighted by atomic mass is 10.3. The van der Waals surface area contributed by atoms with E-state index >= 15 is 0 Å². The van der Waals surface area contributed by atoms with Crippen LogP contribution in [0.3, 0.4) is 0 Å². The van der Waals surface area contributed by atoms with Gasteiger partial charge in [-0.3, -0.25) is 0 Å². The second-order valence-corrected chi connectivity index (χ2v) is 3.19. The third-order valence-corrected chi connectivity index (χ3v) is 2.16. The first-order chi connectivity index (χ1) is 8.65. The second kappa shape index (κ2) is 4.80. The largest absolute Gasteiger partial charge is 0.493 e. The van der Waals surface area contributed by atoms with E-state index in [2.05, 4.69) is 15.3 Å². The normalized spacial score (nSPS) is 14.9. The number of nitrogens with zero attached hydrogens (tertiary/aromatic N) is 1. The van der Waals surface area contributed by atoms with E-state index in [0.717, 1.165) is 5.17 Å². The molecule has 0 radical (unpaired) electrons. The van der Waals surface area contributed by atoms with Gasteiger partial charge in [-0.1, -0.05) is 0 Å². The number of methoxy groups -OCH3 is 2. The number of carbonyl (C=O) groups excluding carboxylic acids is 2. The highest BCUT2D eigenvalue weighted by Gasteiger charge is 2.29. The minimum atomic E-state index is -1.12. The zero-order valence-corrected chi connectivity index (χ0v) is 9.63. The number of rotatable bonds is 3. The topological polar surface area (TPSA) is 86.3 Å². The Bertz CT molecular complexity index is 489. The lowest BCUT2D eigenvalue weighted by Crippen LogP contribution is -2.49. The molecule has 1 heterocycles. The number of hydrazine groups is 1. The van der Waals surface area contributed by atoms with Gasteiger partial charge in [0.2, 0.25) is 0 Å². The van der Waals surface area contributed by atoms with Crippen molar-refractivity contribution in [1.82, 2.24) is 5.59 Å². The van der Waals surface area contributed by atoms with E-state index in [-0.39, 0.29) is 0 Å². The number of ether oxygens (including phenoxy) is 2. The summed E-state index contributed by atoms with van der Waals surface area (Å²) < 4.78 is 10.1. The molecule has 0 saturated carbocycles. The summed E-state index contributed by atoms with van der Waals surface area (Å²) in [6.45, 7) is 0. The van der Waals surface area contributed by atoms with Gasteiger partial charge in [0, 0.05) is 6.07 Å². The van der Waals surface area contributed by atoms with Crippen molar-refractivity contribution in [1.29, 1.82) is 0 Å². The molecule has 2 rings (SSSR count). The van der Waals surface area contributed by atoms with Gasteiger partial charge in [-0.2, -0.15) is 0 Å². The summed E-state index contributed by atoms with van der Waals surface area (Å²) >= 11 is 0. The van der Waals surface area contributed by atoms with Crippen molar-refractivity contribution in [3.63, 3.8) is 0 Å². The molecule has 0 atom stereocenters. The molecule has 1 aliphatic rings. The Labute approximate surface area is 102 Å². The van der Waals surface area contributed by atoms with Crippen LogP contribution >= 0.6 is 0 Å². The van der Waals surface area contributed by atoms with E-state index in [4.69, 9.17) is 9.47 Å². The Morgan fingerprint density at radius 1 is 1.11 bits per heavy atom. The molecule has 0 spiro atoms. The first kappa shape index (κ1) is 12.0. The Hall–Kier alpha value is -2.48. The Balaban J connectivity index is 2.23. The van der Waals surface area contributed by atoms with Gasteiger partial charge in [-0.05, 0) is 17.7 Å². The van der Waals surface area contributed by atoms with Crippen molar-refractivity contribution in [3.05, 3.63) is 18.2 Å². The molecule has 1 aromatic rings. The van der Waals surface area contributed by atoms with Gasteiger partial charge in [-0.25, -0.2) is 9.59 Å². The second-order valence-electron chi connectivity index (χ2n) is 3.19. The van der Waals surface area contributed by atoms with Gasteiger partial charge >= 0.3 is 11.9 Å². The molecule has 0 aliphatic carbocycles. The van der Waals surface area contributed by atoms with Crippen molar-refractivity contribution in [2.45, 2.75) is 0 Å². The van der Waals surface area contributed by atoms with Crippen LogP contribution in [-0.2, 0) is 19.3 Å². The van der Waals surface area contributed by atoms with E-state index in [1.54, 1.807) is 12.1 Å². The van der Waals surface area contributed by atoms with Crippen LogP contribution in [-0.4, -0.2) is 26.2 Å². The summed E-state index contributed by atoms with van der Waals surface area (Å²) in [6.07, 6.45) is 0. The fourth-order valence-electron chi connectivity index (χ4n) is 1.32. The fraction of sp³-hybridized carbons (Fsp3) is 0.200. The van der Waals surface area contributed by atoms with Gasteiger partial charge in [0.05, 0.1) is 14.2 Å². The van der Waals surface area contributed by atoms with Crippen LogP contribution in [0.1, 0.15) is 0 Å². The zero-order valence-electron chi connectivity index (χ0n) is 9.63. The van der Waals surface area contributed by atoms with E-state index in [9.17, 15) is 9.59 Å². The summed E-state index contributed by atoms with van der Waals surface area (Å²) in [4.78, 5) is 30.8.